The number of ether oxygens (including phenoxy) is 1. The van der Waals surface area contributed by atoms with Crippen LogP contribution in [0.1, 0.15) is 18.1 Å². The number of carbonyl (C=O) groups is 1. The van der Waals surface area contributed by atoms with Crippen LogP contribution in [0.15, 0.2) is 41.3 Å². The molecule has 1 aliphatic heterocycles. The summed E-state index contributed by atoms with van der Waals surface area (Å²) in [5, 5.41) is 0.673. The lowest BCUT2D eigenvalue weighted by molar-refractivity contribution is -0.121. The zero-order chi connectivity index (χ0) is 19.6. The van der Waals surface area contributed by atoms with Crippen LogP contribution in [0.25, 0.3) is 6.08 Å². The first-order valence-electron chi connectivity index (χ1n) is 8.01. The summed E-state index contributed by atoms with van der Waals surface area (Å²) in [6.45, 7) is 2.34. The Labute approximate surface area is 176 Å². The summed E-state index contributed by atoms with van der Waals surface area (Å²) in [5.74, 6) is -0.220. The van der Waals surface area contributed by atoms with E-state index in [2.05, 4.69) is 0 Å². The Morgan fingerprint density at radius 3 is 2.70 bits per heavy atom. The van der Waals surface area contributed by atoms with Gasteiger partial charge < -0.3 is 4.74 Å². The Balaban J connectivity index is 1.94. The molecule has 1 heterocycles. The van der Waals surface area contributed by atoms with Gasteiger partial charge in [-0.25, -0.2) is 4.39 Å². The Bertz CT molecular complexity index is 949. The summed E-state index contributed by atoms with van der Waals surface area (Å²) in [4.78, 5) is 14.4. The zero-order valence-corrected chi connectivity index (χ0v) is 17.3. The highest BCUT2D eigenvalue weighted by Crippen LogP contribution is 2.38. The largest absolute Gasteiger partial charge is 0.487 e. The fourth-order valence-electron chi connectivity index (χ4n) is 2.52. The molecule has 0 atom stereocenters. The minimum Gasteiger partial charge on any atom is -0.487 e. The third-order valence-corrected chi connectivity index (χ3v) is 5.72. The Morgan fingerprint density at radius 1 is 1.30 bits per heavy atom. The molecule has 1 saturated heterocycles. The summed E-state index contributed by atoms with van der Waals surface area (Å²) >= 11 is 18.8. The van der Waals surface area contributed by atoms with Crippen molar-refractivity contribution in [2.75, 3.05) is 6.54 Å². The highest BCUT2D eigenvalue weighted by Gasteiger charge is 2.31. The predicted molar refractivity (Wildman–Crippen MR) is 113 cm³/mol. The van der Waals surface area contributed by atoms with Gasteiger partial charge >= 0.3 is 0 Å². The molecule has 27 heavy (non-hydrogen) atoms. The molecule has 1 amide bonds. The lowest BCUT2D eigenvalue weighted by atomic mass is 10.1. The molecule has 0 aliphatic carbocycles. The topological polar surface area (TPSA) is 29.5 Å². The first-order chi connectivity index (χ1) is 12.9. The molecule has 0 saturated carbocycles. The van der Waals surface area contributed by atoms with E-state index in [1.165, 1.54) is 28.8 Å². The smallest absolute Gasteiger partial charge is 0.266 e. The Morgan fingerprint density at radius 2 is 2.04 bits per heavy atom. The first kappa shape index (κ1) is 20.1. The molecule has 0 bridgehead atoms. The van der Waals surface area contributed by atoms with Gasteiger partial charge in [-0.3, -0.25) is 9.69 Å². The number of rotatable bonds is 5. The van der Waals surface area contributed by atoms with E-state index in [1.807, 2.05) is 6.92 Å². The quantitative estimate of drug-likeness (QED) is 0.424. The van der Waals surface area contributed by atoms with Crippen LogP contribution >= 0.6 is 47.2 Å². The summed E-state index contributed by atoms with van der Waals surface area (Å²) in [6, 6.07) is 9.50. The lowest BCUT2D eigenvalue weighted by Gasteiger charge is -2.13. The number of carbonyl (C=O) groups excluding carboxylic acids is 1. The molecule has 0 radical (unpaired) electrons. The molecule has 3 rings (SSSR count). The molecule has 3 nitrogen and oxygen atoms in total. The molecule has 2 aromatic rings. The van der Waals surface area contributed by atoms with Gasteiger partial charge in [-0.2, -0.15) is 0 Å². The number of amides is 1. The molecule has 2 aromatic carbocycles. The minimum atomic E-state index is -0.368. The molecule has 0 N–H and O–H groups in total. The highest BCUT2D eigenvalue weighted by molar-refractivity contribution is 8.26. The molecular weight excluding hydrogens is 428 g/mol. The highest BCUT2D eigenvalue weighted by atomic mass is 35.5. The first-order valence-corrected chi connectivity index (χ1v) is 9.99. The maximum Gasteiger partial charge on any atom is 0.266 e. The molecule has 0 spiro atoms. The molecule has 1 fully saturated rings. The summed E-state index contributed by atoms with van der Waals surface area (Å²) in [6.07, 6.45) is 1.64. The van der Waals surface area contributed by atoms with E-state index < -0.39 is 0 Å². The van der Waals surface area contributed by atoms with E-state index in [0.717, 1.165) is 0 Å². The van der Waals surface area contributed by atoms with Crippen LogP contribution in [0.5, 0.6) is 5.75 Å². The van der Waals surface area contributed by atoms with E-state index >= 15 is 0 Å². The number of thioether (sulfide) groups is 1. The van der Waals surface area contributed by atoms with Gasteiger partial charge in [-0.05, 0) is 31.2 Å². The Hall–Kier alpha value is -1.60. The van der Waals surface area contributed by atoms with Crippen LogP contribution in [0, 0.1) is 5.82 Å². The van der Waals surface area contributed by atoms with Gasteiger partial charge in [-0.1, -0.05) is 65.4 Å². The van der Waals surface area contributed by atoms with E-state index in [9.17, 15) is 9.18 Å². The van der Waals surface area contributed by atoms with Crippen molar-refractivity contribution in [3.05, 3.63) is 68.3 Å². The molecule has 0 unspecified atom stereocenters. The maximum atomic E-state index is 13.8. The third-order valence-electron chi connectivity index (χ3n) is 3.84. The van der Waals surface area contributed by atoms with E-state index in [0.29, 0.717) is 37.7 Å². The number of likely N-dealkylation sites (N-methyl/N-ethyl adjacent to an activating group) is 1. The van der Waals surface area contributed by atoms with Crippen molar-refractivity contribution in [1.29, 1.82) is 0 Å². The molecule has 0 aromatic heterocycles. The monoisotopic (exact) mass is 441 g/mol. The number of nitrogens with zero attached hydrogens (tertiary/aromatic N) is 1. The van der Waals surface area contributed by atoms with E-state index in [1.54, 1.807) is 30.3 Å². The van der Waals surface area contributed by atoms with Gasteiger partial charge in [0.2, 0.25) is 0 Å². The van der Waals surface area contributed by atoms with Gasteiger partial charge in [0.15, 0.2) is 0 Å². The number of halogens is 3. The van der Waals surface area contributed by atoms with Gasteiger partial charge in [-0.15, -0.1) is 0 Å². The van der Waals surface area contributed by atoms with Crippen molar-refractivity contribution in [1.82, 2.24) is 4.90 Å². The maximum absolute atomic E-state index is 13.8. The van der Waals surface area contributed by atoms with Gasteiger partial charge in [0.05, 0.1) is 9.93 Å². The van der Waals surface area contributed by atoms with Crippen LogP contribution in [-0.4, -0.2) is 21.7 Å². The summed E-state index contributed by atoms with van der Waals surface area (Å²) in [7, 11) is 0. The summed E-state index contributed by atoms with van der Waals surface area (Å²) < 4.78 is 20.1. The van der Waals surface area contributed by atoms with Gasteiger partial charge in [0, 0.05) is 22.7 Å². The van der Waals surface area contributed by atoms with Crippen LogP contribution in [0.2, 0.25) is 10.0 Å². The second kappa shape index (κ2) is 8.61. The molecular formula is C19H14Cl2FNO2S2. The van der Waals surface area contributed by atoms with Crippen LogP contribution in [-0.2, 0) is 11.4 Å². The molecule has 8 heteroatoms. The van der Waals surface area contributed by atoms with Crippen molar-refractivity contribution in [3.63, 3.8) is 0 Å². The average Bonchev–Trinajstić information content (AvgIpc) is 2.88. The lowest BCUT2D eigenvalue weighted by Crippen LogP contribution is -2.27. The normalized spacial score (nSPS) is 15.7. The van der Waals surface area contributed by atoms with Crippen molar-refractivity contribution >= 4 is 63.5 Å². The van der Waals surface area contributed by atoms with Crippen LogP contribution in [0.4, 0.5) is 4.39 Å². The Kier molecular flexibility index (Phi) is 6.42. The van der Waals surface area contributed by atoms with Crippen molar-refractivity contribution in [2.45, 2.75) is 13.5 Å². The van der Waals surface area contributed by atoms with Crippen molar-refractivity contribution < 1.29 is 13.9 Å². The second-order valence-corrected chi connectivity index (χ2v) is 8.13. The predicted octanol–water partition coefficient (Wildman–Crippen LogP) is 5.93. The van der Waals surface area contributed by atoms with Gasteiger partial charge in [0.25, 0.3) is 5.91 Å². The molecule has 140 valence electrons. The number of benzene rings is 2. The SMILES string of the molecule is CCN1C(=O)/C(=C/c2cc(Cl)cc(Cl)c2OCc2ccccc2F)SC1=S. The third kappa shape index (κ3) is 4.46. The van der Waals surface area contributed by atoms with Crippen LogP contribution in [0.3, 0.4) is 0 Å². The summed E-state index contributed by atoms with van der Waals surface area (Å²) in [5.41, 5.74) is 0.923. The standard InChI is InChI=1S/C19H14Cl2FNO2S2/c1-2-23-18(24)16(27-19(23)26)8-12-7-13(20)9-14(21)17(12)25-10-11-5-3-4-6-15(11)22/h3-9H,2,10H2,1H3/b16-8-. The molecule has 1 aliphatic rings. The number of hydrogen-bond donors (Lipinski definition) is 0. The van der Waals surface area contributed by atoms with E-state index in [-0.39, 0.29) is 23.4 Å². The fourth-order valence-corrected chi connectivity index (χ4v) is 4.46. The minimum absolute atomic E-state index is 0.00914. The van der Waals surface area contributed by atoms with Gasteiger partial charge in [0.1, 0.15) is 22.5 Å². The van der Waals surface area contributed by atoms with E-state index in [4.69, 9.17) is 40.2 Å². The number of hydrogen-bond acceptors (Lipinski definition) is 4. The number of thiocarbonyl (C=S) groups is 1. The zero-order valence-electron chi connectivity index (χ0n) is 14.2. The fraction of sp³-hybridized carbons (Fsp3) is 0.158. The van der Waals surface area contributed by atoms with Crippen molar-refractivity contribution in [2.24, 2.45) is 0 Å². The van der Waals surface area contributed by atoms with Crippen molar-refractivity contribution in [3.8, 4) is 5.75 Å². The van der Waals surface area contributed by atoms with Crippen LogP contribution < -0.4 is 4.74 Å². The second-order valence-electron chi connectivity index (χ2n) is 5.61. The average molecular weight is 442 g/mol.